The Hall–Kier alpha value is -1.63. The first-order valence-electron chi connectivity index (χ1n) is 5.18. The van der Waals surface area contributed by atoms with Gasteiger partial charge in [-0.3, -0.25) is 4.98 Å². The summed E-state index contributed by atoms with van der Waals surface area (Å²) in [4.78, 5) is 4.42. The van der Waals surface area contributed by atoms with Crippen molar-refractivity contribution in [2.45, 2.75) is 20.8 Å². The average molecular weight is 197 g/mol. The molecule has 0 amide bonds. The highest BCUT2D eigenvalue weighted by Crippen LogP contribution is 2.25. The molecule has 0 saturated carbocycles. The molecule has 0 bridgehead atoms. The van der Waals surface area contributed by atoms with Gasteiger partial charge in [0, 0.05) is 17.5 Å². The standard InChI is InChI=1S/C14H15N/c1-10-11(2)14(9-15-12(10)3)13-7-5-4-6-8-13/h4-9H,1-3H3. The molecule has 0 fully saturated rings. The Kier molecular flexibility index (Phi) is 2.55. The van der Waals surface area contributed by atoms with E-state index in [9.17, 15) is 0 Å². The molecule has 2 rings (SSSR count). The van der Waals surface area contributed by atoms with Crippen LogP contribution in [0.15, 0.2) is 36.5 Å². The lowest BCUT2D eigenvalue weighted by Gasteiger charge is -2.10. The van der Waals surface area contributed by atoms with E-state index in [0.717, 1.165) is 5.69 Å². The first-order chi connectivity index (χ1) is 7.20. The Labute approximate surface area is 90.8 Å². The zero-order valence-electron chi connectivity index (χ0n) is 9.41. The van der Waals surface area contributed by atoms with Gasteiger partial charge in [0.15, 0.2) is 0 Å². The van der Waals surface area contributed by atoms with Crippen LogP contribution in [0.5, 0.6) is 0 Å². The molecule has 0 unspecified atom stereocenters. The van der Waals surface area contributed by atoms with Crippen molar-refractivity contribution in [1.29, 1.82) is 0 Å². The van der Waals surface area contributed by atoms with Gasteiger partial charge in [-0.05, 0) is 37.5 Å². The quantitative estimate of drug-likeness (QED) is 0.679. The minimum atomic E-state index is 1.12. The monoisotopic (exact) mass is 197 g/mol. The molecule has 0 aliphatic carbocycles. The highest BCUT2D eigenvalue weighted by atomic mass is 14.7. The molecule has 15 heavy (non-hydrogen) atoms. The summed E-state index contributed by atoms with van der Waals surface area (Å²) in [6.45, 7) is 6.34. The highest BCUT2D eigenvalue weighted by Gasteiger charge is 2.05. The summed E-state index contributed by atoms with van der Waals surface area (Å²) in [6.07, 6.45) is 1.97. The lowest BCUT2D eigenvalue weighted by molar-refractivity contribution is 1.12. The van der Waals surface area contributed by atoms with E-state index < -0.39 is 0 Å². The van der Waals surface area contributed by atoms with Crippen LogP contribution in [0.2, 0.25) is 0 Å². The van der Waals surface area contributed by atoms with Crippen molar-refractivity contribution in [3.8, 4) is 11.1 Å². The number of hydrogen-bond acceptors (Lipinski definition) is 1. The molecule has 1 aromatic heterocycles. The van der Waals surface area contributed by atoms with Gasteiger partial charge in [0.25, 0.3) is 0 Å². The van der Waals surface area contributed by atoms with E-state index in [0.29, 0.717) is 0 Å². The van der Waals surface area contributed by atoms with Gasteiger partial charge in [-0.1, -0.05) is 30.3 Å². The van der Waals surface area contributed by atoms with E-state index >= 15 is 0 Å². The van der Waals surface area contributed by atoms with Crippen molar-refractivity contribution in [1.82, 2.24) is 4.98 Å². The van der Waals surface area contributed by atoms with Crippen LogP contribution in [0.1, 0.15) is 16.8 Å². The molecule has 0 aliphatic rings. The SMILES string of the molecule is Cc1ncc(-c2ccccc2)c(C)c1C. The van der Waals surface area contributed by atoms with E-state index in [2.05, 4.69) is 50.0 Å². The fourth-order valence-corrected chi connectivity index (χ4v) is 1.74. The van der Waals surface area contributed by atoms with Crippen molar-refractivity contribution in [3.05, 3.63) is 53.3 Å². The van der Waals surface area contributed by atoms with Gasteiger partial charge in [-0.2, -0.15) is 0 Å². The van der Waals surface area contributed by atoms with Crippen molar-refractivity contribution in [2.75, 3.05) is 0 Å². The molecule has 2 aromatic rings. The van der Waals surface area contributed by atoms with Gasteiger partial charge in [0.2, 0.25) is 0 Å². The highest BCUT2D eigenvalue weighted by molar-refractivity contribution is 5.67. The van der Waals surface area contributed by atoms with Gasteiger partial charge < -0.3 is 0 Å². The van der Waals surface area contributed by atoms with Gasteiger partial charge in [-0.15, -0.1) is 0 Å². The molecule has 1 heteroatoms. The normalized spacial score (nSPS) is 10.3. The Morgan fingerprint density at radius 2 is 1.53 bits per heavy atom. The van der Waals surface area contributed by atoms with E-state index in [-0.39, 0.29) is 0 Å². The van der Waals surface area contributed by atoms with Crippen LogP contribution in [-0.2, 0) is 0 Å². The Morgan fingerprint density at radius 3 is 2.20 bits per heavy atom. The number of benzene rings is 1. The van der Waals surface area contributed by atoms with Crippen LogP contribution in [0, 0.1) is 20.8 Å². The van der Waals surface area contributed by atoms with E-state index in [1.54, 1.807) is 0 Å². The zero-order chi connectivity index (χ0) is 10.8. The molecule has 1 heterocycles. The first kappa shape index (κ1) is 9.91. The molecule has 0 atom stereocenters. The second-order valence-corrected chi connectivity index (χ2v) is 3.87. The topological polar surface area (TPSA) is 12.9 Å². The van der Waals surface area contributed by atoms with Crippen LogP contribution < -0.4 is 0 Å². The molecule has 1 aromatic carbocycles. The number of hydrogen-bond donors (Lipinski definition) is 0. The van der Waals surface area contributed by atoms with Gasteiger partial charge in [0.05, 0.1) is 0 Å². The number of aryl methyl sites for hydroxylation is 1. The summed E-state index contributed by atoms with van der Waals surface area (Å²) < 4.78 is 0. The Bertz CT molecular complexity index is 472. The average Bonchev–Trinajstić information content (AvgIpc) is 2.27. The van der Waals surface area contributed by atoms with E-state index in [1.807, 2.05) is 12.3 Å². The maximum atomic E-state index is 4.42. The molecule has 1 nitrogen and oxygen atoms in total. The van der Waals surface area contributed by atoms with Gasteiger partial charge >= 0.3 is 0 Å². The summed E-state index contributed by atoms with van der Waals surface area (Å²) in [5.41, 5.74) is 6.21. The third-order valence-electron chi connectivity index (χ3n) is 2.98. The smallest absolute Gasteiger partial charge is 0.0404 e. The molecular formula is C14H15N. The molecular weight excluding hydrogens is 182 g/mol. The van der Waals surface area contributed by atoms with Gasteiger partial charge in [-0.25, -0.2) is 0 Å². The summed E-state index contributed by atoms with van der Waals surface area (Å²) >= 11 is 0. The summed E-state index contributed by atoms with van der Waals surface area (Å²) in [5.74, 6) is 0. The molecule has 0 aliphatic heterocycles. The van der Waals surface area contributed by atoms with Crippen molar-refractivity contribution in [2.24, 2.45) is 0 Å². The minimum Gasteiger partial charge on any atom is -0.261 e. The predicted molar refractivity (Wildman–Crippen MR) is 63.9 cm³/mol. The maximum absolute atomic E-state index is 4.42. The second-order valence-electron chi connectivity index (χ2n) is 3.87. The van der Waals surface area contributed by atoms with Crippen molar-refractivity contribution >= 4 is 0 Å². The largest absolute Gasteiger partial charge is 0.261 e. The van der Waals surface area contributed by atoms with Crippen LogP contribution in [0.4, 0.5) is 0 Å². The molecule has 76 valence electrons. The van der Waals surface area contributed by atoms with Crippen LogP contribution in [0.25, 0.3) is 11.1 Å². The Balaban J connectivity index is 2.60. The fraction of sp³-hybridized carbons (Fsp3) is 0.214. The third kappa shape index (κ3) is 1.78. The van der Waals surface area contributed by atoms with Crippen molar-refractivity contribution < 1.29 is 0 Å². The number of pyridine rings is 1. The number of rotatable bonds is 1. The zero-order valence-corrected chi connectivity index (χ0v) is 9.41. The second kappa shape index (κ2) is 3.85. The van der Waals surface area contributed by atoms with Crippen molar-refractivity contribution in [3.63, 3.8) is 0 Å². The van der Waals surface area contributed by atoms with Crippen LogP contribution >= 0.6 is 0 Å². The lowest BCUT2D eigenvalue weighted by atomic mass is 9.98. The summed E-state index contributed by atoms with van der Waals surface area (Å²) in [7, 11) is 0. The Morgan fingerprint density at radius 1 is 0.867 bits per heavy atom. The molecule has 0 spiro atoms. The maximum Gasteiger partial charge on any atom is 0.0404 e. The lowest BCUT2D eigenvalue weighted by Crippen LogP contribution is -1.93. The fourth-order valence-electron chi connectivity index (χ4n) is 1.74. The van der Waals surface area contributed by atoms with Crippen LogP contribution in [-0.4, -0.2) is 4.98 Å². The number of nitrogens with zero attached hydrogens (tertiary/aromatic N) is 1. The van der Waals surface area contributed by atoms with Gasteiger partial charge in [0.1, 0.15) is 0 Å². The predicted octanol–water partition coefficient (Wildman–Crippen LogP) is 3.67. The third-order valence-corrected chi connectivity index (χ3v) is 2.98. The van der Waals surface area contributed by atoms with E-state index in [1.165, 1.54) is 22.3 Å². The summed E-state index contributed by atoms with van der Waals surface area (Å²) in [6, 6.07) is 10.4. The summed E-state index contributed by atoms with van der Waals surface area (Å²) in [5, 5.41) is 0. The molecule has 0 radical (unpaired) electrons. The number of aromatic nitrogens is 1. The minimum absolute atomic E-state index is 1.12. The molecule has 0 N–H and O–H groups in total. The first-order valence-corrected chi connectivity index (χ1v) is 5.18. The molecule has 0 saturated heterocycles. The van der Waals surface area contributed by atoms with Crippen LogP contribution in [0.3, 0.4) is 0 Å². The van der Waals surface area contributed by atoms with E-state index in [4.69, 9.17) is 0 Å².